The van der Waals surface area contributed by atoms with E-state index in [1.54, 1.807) is 23.1 Å². The van der Waals surface area contributed by atoms with E-state index in [1.165, 1.54) is 14.0 Å². The monoisotopic (exact) mass is 312 g/mol. The molecular formula is C15H21ClN2O3. The van der Waals surface area contributed by atoms with Gasteiger partial charge in [-0.15, -0.1) is 0 Å². The van der Waals surface area contributed by atoms with Crippen molar-refractivity contribution in [1.82, 2.24) is 4.90 Å². The lowest BCUT2D eigenvalue weighted by Gasteiger charge is -2.24. The number of benzene rings is 1. The Balaban J connectivity index is 2.58. The smallest absolute Gasteiger partial charge is 0.226 e. The van der Waals surface area contributed by atoms with E-state index < -0.39 is 0 Å². The Kier molecular flexibility index (Phi) is 6.49. The van der Waals surface area contributed by atoms with Crippen LogP contribution in [0.15, 0.2) is 18.2 Å². The second-order valence-corrected chi connectivity index (χ2v) is 5.36. The zero-order chi connectivity index (χ0) is 16.0. The maximum Gasteiger partial charge on any atom is 0.226 e. The molecule has 1 rings (SSSR count). The van der Waals surface area contributed by atoms with Crippen LogP contribution >= 0.6 is 11.6 Å². The number of nitrogens with zero attached hydrogens (tertiary/aromatic N) is 1. The first-order chi connectivity index (χ1) is 9.85. The highest BCUT2D eigenvalue weighted by atomic mass is 35.5. The molecule has 116 valence electrons. The number of ether oxygens (including phenoxy) is 1. The highest BCUT2D eigenvalue weighted by molar-refractivity contribution is 6.32. The molecule has 1 aromatic rings. The molecule has 0 saturated heterocycles. The number of amides is 2. The van der Waals surface area contributed by atoms with E-state index in [1.807, 2.05) is 13.8 Å². The number of hydrogen-bond acceptors (Lipinski definition) is 3. The van der Waals surface area contributed by atoms with Crippen LogP contribution in [0.1, 0.15) is 27.2 Å². The molecule has 21 heavy (non-hydrogen) atoms. The summed E-state index contributed by atoms with van der Waals surface area (Å²) in [5.41, 5.74) is 0.602. The van der Waals surface area contributed by atoms with Gasteiger partial charge in [-0.25, -0.2) is 0 Å². The van der Waals surface area contributed by atoms with Crippen molar-refractivity contribution >= 4 is 29.1 Å². The SMILES string of the molecule is COc1ccc(NC(=O)CCN(C(C)=O)C(C)C)cc1Cl. The summed E-state index contributed by atoms with van der Waals surface area (Å²) >= 11 is 5.99. The maximum absolute atomic E-state index is 11.9. The highest BCUT2D eigenvalue weighted by Crippen LogP contribution is 2.27. The lowest BCUT2D eigenvalue weighted by Crippen LogP contribution is -2.37. The van der Waals surface area contributed by atoms with Crippen molar-refractivity contribution in [2.45, 2.75) is 33.2 Å². The van der Waals surface area contributed by atoms with Crippen LogP contribution < -0.4 is 10.1 Å². The van der Waals surface area contributed by atoms with Crippen LogP contribution in [0, 0.1) is 0 Å². The van der Waals surface area contributed by atoms with Gasteiger partial charge in [0.25, 0.3) is 0 Å². The van der Waals surface area contributed by atoms with Gasteiger partial charge in [0, 0.05) is 31.6 Å². The summed E-state index contributed by atoms with van der Waals surface area (Å²) < 4.78 is 5.05. The summed E-state index contributed by atoms with van der Waals surface area (Å²) in [6, 6.07) is 5.11. The average Bonchev–Trinajstić information content (AvgIpc) is 2.38. The maximum atomic E-state index is 11.9. The fourth-order valence-electron chi connectivity index (χ4n) is 1.97. The molecule has 0 heterocycles. The van der Waals surface area contributed by atoms with E-state index >= 15 is 0 Å². The van der Waals surface area contributed by atoms with Gasteiger partial charge < -0.3 is 15.0 Å². The van der Waals surface area contributed by atoms with Crippen molar-refractivity contribution in [3.05, 3.63) is 23.2 Å². The molecule has 0 atom stereocenters. The number of methoxy groups -OCH3 is 1. The van der Waals surface area contributed by atoms with Crippen LogP contribution in [0.25, 0.3) is 0 Å². The van der Waals surface area contributed by atoms with Crippen molar-refractivity contribution in [2.24, 2.45) is 0 Å². The standard InChI is InChI=1S/C15H21ClN2O3/c1-10(2)18(11(3)19)8-7-15(20)17-12-5-6-14(21-4)13(16)9-12/h5-6,9-10H,7-8H2,1-4H3,(H,17,20). The predicted molar refractivity (Wildman–Crippen MR) is 83.8 cm³/mol. The summed E-state index contributed by atoms with van der Waals surface area (Å²) in [6.45, 7) is 5.73. The molecule has 0 aliphatic heterocycles. The van der Waals surface area contributed by atoms with Gasteiger partial charge in [-0.1, -0.05) is 11.6 Å². The fraction of sp³-hybridized carbons (Fsp3) is 0.467. The third kappa shape index (κ3) is 5.27. The zero-order valence-electron chi connectivity index (χ0n) is 12.8. The molecule has 0 aliphatic carbocycles. The minimum absolute atomic E-state index is 0.0368. The molecule has 1 aromatic carbocycles. The summed E-state index contributed by atoms with van der Waals surface area (Å²) in [5, 5.41) is 3.18. The van der Waals surface area contributed by atoms with E-state index in [2.05, 4.69) is 5.32 Å². The molecule has 5 nitrogen and oxygen atoms in total. The molecule has 0 bridgehead atoms. The first-order valence-corrected chi connectivity index (χ1v) is 7.13. The number of halogens is 1. The third-order valence-corrected chi connectivity index (χ3v) is 3.34. The van der Waals surface area contributed by atoms with E-state index in [-0.39, 0.29) is 24.3 Å². The second-order valence-electron chi connectivity index (χ2n) is 4.95. The molecule has 0 unspecified atom stereocenters. The van der Waals surface area contributed by atoms with Crippen LogP contribution in [0.3, 0.4) is 0 Å². The quantitative estimate of drug-likeness (QED) is 0.878. The van der Waals surface area contributed by atoms with Crippen molar-refractivity contribution in [1.29, 1.82) is 0 Å². The Hall–Kier alpha value is -1.75. The number of hydrogen-bond donors (Lipinski definition) is 1. The third-order valence-electron chi connectivity index (χ3n) is 3.04. The van der Waals surface area contributed by atoms with Gasteiger partial charge in [0.1, 0.15) is 5.75 Å². The van der Waals surface area contributed by atoms with Crippen LogP contribution in [-0.4, -0.2) is 36.4 Å². The minimum Gasteiger partial charge on any atom is -0.495 e. The minimum atomic E-state index is -0.164. The summed E-state index contributed by atoms with van der Waals surface area (Å²) in [7, 11) is 1.53. The molecule has 0 saturated carbocycles. The highest BCUT2D eigenvalue weighted by Gasteiger charge is 2.14. The first kappa shape index (κ1) is 17.3. The first-order valence-electron chi connectivity index (χ1n) is 6.75. The molecule has 0 spiro atoms. The van der Waals surface area contributed by atoms with Crippen LogP contribution in [0.2, 0.25) is 5.02 Å². The van der Waals surface area contributed by atoms with E-state index in [9.17, 15) is 9.59 Å². The van der Waals surface area contributed by atoms with Gasteiger partial charge in [0.05, 0.1) is 12.1 Å². The van der Waals surface area contributed by atoms with Crippen molar-refractivity contribution in [2.75, 3.05) is 19.0 Å². The molecule has 0 aromatic heterocycles. The predicted octanol–water partition coefficient (Wildman–Crippen LogP) is 2.93. The average molecular weight is 313 g/mol. The number of rotatable bonds is 6. The molecule has 1 N–H and O–H groups in total. The molecular weight excluding hydrogens is 292 g/mol. The van der Waals surface area contributed by atoms with E-state index in [4.69, 9.17) is 16.3 Å². The Morgan fingerprint density at radius 3 is 2.52 bits per heavy atom. The summed E-state index contributed by atoms with van der Waals surface area (Å²) in [6.07, 6.45) is 0.238. The van der Waals surface area contributed by atoms with Gasteiger partial charge in [0.15, 0.2) is 0 Å². The molecule has 6 heteroatoms. The van der Waals surface area contributed by atoms with Crippen LogP contribution in [0.5, 0.6) is 5.75 Å². The van der Waals surface area contributed by atoms with Crippen molar-refractivity contribution in [3.63, 3.8) is 0 Å². The van der Waals surface area contributed by atoms with Gasteiger partial charge >= 0.3 is 0 Å². The Morgan fingerprint density at radius 1 is 1.38 bits per heavy atom. The zero-order valence-corrected chi connectivity index (χ0v) is 13.5. The van der Waals surface area contributed by atoms with Crippen LogP contribution in [0.4, 0.5) is 5.69 Å². The summed E-state index contributed by atoms with van der Waals surface area (Å²) in [5.74, 6) is 0.352. The Labute approximate surface area is 130 Å². The van der Waals surface area contributed by atoms with Gasteiger partial charge in [0.2, 0.25) is 11.8 Å². The molecule has 0 radical (unpaired) electrons. The molecule has 2 amide bonds. The van der Waals surface area contributed by atoms with Crippen molar-refractivity contribution < 1.29 is 14.3 Å². The normalized spacial score (nSPS) is 10.4. The van der Waals surface area contributed by atoms with Gasteiger partial charge in [-0.05, 0) is 32.0 Å². The largest absolute Gasteiger partial charge is 0.495 e. The number of anilines is 1. The summed E-state index contributed by atoms with van der Waals surface area (Å²) in [4.78, 5) is 25.0. The Bertz CT molecular complexity index is 518. The number of carbonyl (C=O) groups is 2. The second kappa shape index (κ2) is 7.88. The number of nitrogens with one attached hydrogen (secondary N) is 1. The fourth-order valence-corrected chi connectivity index (χ4v) is 2.23. The van der Waals surface area contributed by atoms with E-state index in [0.717, 1.165) is 0 Å². The lowest BCUT2D eigenvalue weighted by molar-refractivity contribution is -0.130. The van der Waals surface area contributed by atoms with Gasteiger partial charge in [-0.2, -0.15) is 0 Å². The van der Waals surface area contributed by atoms with Gasteiger partial charge in [-0.3, -0.25) is 9.59 Å². The lowest BCUT2D eigenvalue weighted by atomic mass is 10.2. The Morgan fingerprint density at radius 2 is 2.05 bits per heavy atom. The van der Waals surface area contributed by atoms with E-state index in [0.29, 0.717) is 23.0 Å². The molecule has 0 fully saturated rings. The van der Waals surface area contributed by atoms with Crippen molar-refractivity contribution in [3.8, 4) is 5.75 Å². The topological polar surface area (TPSA) is 58.6 Å². The number of carbonyl (C=O) groups excluding carboxylic acids is 2. The van der Waals surface area contributed by atoms with Crippen LogP contribution in [-0.2, 0) is 9.59 Å². The molecule has 0 aliphatic rings.